The molecule has 104 valence electrons. The van der Waals surface area contributed by atoms with Gasteiger partial charge in [0.1, 0.15) is 0 Å². The molecule has 1 aromatic carbocycles. The average molecular weight is 296 g/mol. The summed E-state index contributed by atoms with van der Waals surface area (Å²) in [5.41, 5.74) is 7.79. The minimum atomic E-state index is 0.193. The molecule has 0 heterocycles. The van der Waals surface area contributed by atoms with E-state index in [-0.39, 0.29) is 6.04 Å². The van der Waals surface area contributed by atoms with E-state index in [1.807, 2.05) is 23.9 Å². The summed E-state index contributed by atoms with van der Waals surface area (Å²) in [6, 6.07) is 8.19. The third kappa shape index (κ3) is 5.21. The van der Waals surface area contributed by atoms with Crippen LogP contribution in [0, 0.1) is 0 Å². The lowest BCUT2D eigenvalue weighted by Gasteiger charge is -2.18. The van der Waals surface area contributed by atoms with E-state index in [2.05, 4.69) is 18.2 Å². The smallest absolute Gasteiger partial charge is 0.0406 e. The van der Waals surface area contributed by atoms with Gasteiger partial charge in [0.15, 0.2) is 0 Å². The van der Waals surface area contributed by atoms with Crippen molar-refractivity contribution < 1.29 is 0 Å². The van der Waals surface area contributed by atoms with Crippen molar-refractivity contribution in [1.29, 1.82) is 0 Å². The van der Waals surface area contributed by atoms with Crippen molar-refractivity contribution in [3.63, 3.8) is 0 Å². The molecule has 1 nitrogen and oxygen atoms in total. The Hall–Kier alpha value is -0.440. The SMILES string of the molecule is NC(CSc1ccc(Cl)cc1)/C1=C/CCCCCC1. The molecule has 0 spiro atoms. The number of benzene rings is 1. The van der Waals surface area contributed by atoms with Crippen LogP contribution in [0.3, 0.4) is 0 Å². The highest BCUT2D eigenvalue weighted by Gasteiger charge is 2.11. The van der Waals surface area contributed by atoms with E-state index in [4.69, 9.17) is 17.3 Å². The summed E-state index contributed by atoms with van der Waals surface area (Å²) >= 11 is 7.71. The van der Waals surface area contributed by atoms with Crippen LogP contribution in [0.5, 0.6) is 0 Å². The maximum Gasteiger partial charge on any atom is 0.0406 e. The number of halogens is 1. The van der Waals surface area contributed by atoms with Crippen LogP contribution < -0.4 is 5.73 Å². The van der Waals surface area contributed by atoms with E-state index in [1.54, 1.807) is 0 Å². The van der Waals surface area contributed by atoms with Crippen molar-refractivity contribution >= 4 is 23.4 Å². The highest BCUT2D eigenvalue weighted by Crippen LogP contribution is 2.25. The van der Waals surface area contributed by atoms with Gasteiger partial charge in [-0.1, -0.05) is 36.1 Å². The van der Waals surface area contributed by atoms with E-state index < -0.39 is 0 Å². The van der Waals surface area contributed by atoms with Crippen LogP contribution in [0.25, 0.3) is 0 Å². The molecule has 2 rings (SSSR count). The van der Waals surface area contributed by atoms with E-state index in [0.29, 0.717) is 0 Å². The van der Waals surface area contributed by atoms with Gasteiger partial charge in [-0.2, -0.15) is 0 Å². The summed E-state index contributed by atoms with van der Waals surface area (Å²) in [5.74, 6) is 0.952. The molecule has 19 heavy (non-hydrogen) atoms. The van der Waals surface area contributed by atoms with Crippen LogP contribution in [0.15, 0.2) is 40.8 Å². The topological polar surface area (TPSA) is 26.0 Å². The van der Waals surface area contributed by atoms with Gasteiger partial charge in [0.25, 0.3) is 0 Å². The largest absolute Gasteiger partial charge is 0.324 e. The highest BCUT2D eigenvalue weighted by molar-refractivity contribution is 7.99. The van der Waals surface area contributed by atoms with Crippen LogP contribution in [0.4, 0.5) is 0 Å². The van der Waals surface area contributed by atoms with Gasteiger partial charge in [-0.15, -0.1) is 11.8 Å². The lowest BCUT2D eigenvalue weighted by Crippen LogP contribution is -2.25. The average Bonchev–Trinajstić information content (AvgIpc) is 2.37. The van der Waals surface area contributed by atoms with Crippen molar-refractivity contribution in [2.75, 3.05) is 5.75 Å². The van der Waals surface area contributed by atoms with Crippen LogP contribution in [-0.4, -0.2) is 11.8 Å². The fourth-order valence-corrected chi connectivity index (χ4v) is 3.42. The quantitative estimate of drug-likeness (QED) is 0.622. The molecule has 0 saturated carbocycles. The molecule has 0 bridgehead atoms. The third-order valence-electron chi connectivity index (χ3n) is 3.55. The molecule has 2 N–H and O–H groups in total. The number of hydrogen-bond donors (Lipinski definition) is 1. The van der Waals surface area contributed by atoms with Crippen LogP contribution >= 0.6 is 23.4 Å². The molecule has 3 heteroatoms. The summed E-state index contributed by atoms with van der Waals surface area (Å²) in [4.78, 5) is 1.24. The Morgan fingerprint density at radius 1 is 1.11 bits per heavy atom. The molecule has 1 atom stereocenters. The van der Waals surface area contributed by atoms with Crippen molar-refractivity contribution in [2.24, 2.45) is 5.73 Å². The lowest BCUT2D eigenvalue weighted by molar-refractivity contribution is 0.606. The molecule has 0 aliphatic heterocycles. The van der Waals surface area contributed by atoms with Gasteiger partial charge in [-0.3, -0.25) is 0 Å². The van der Waals surface area contributed by atoms with Gasteiger partial charge in [0.05, 0.1) is 0 Å². The molecule has 0 fully saturated rings. The first-order valence-electron chi connectivity index (χ1n) is 7.08. The summed E-state index contributed by atoms with van der Waals surface area (Å²) in [7, 11) is 0. The lowest BCUT2D eigenvalue weighted by atomic mass is 9.96. The second-order valence-corrected chi connectivity index (χ2v) is 6.63. The Labute approximate surface area is 125 Å². The fourth-order valence-electron chi connectivity index (χ4n) is 2.38. The van der Waals surface area contributed by atoms with Gasteiger partial charge >= 0.3 is 0 Å². The zero-order valence-corrected chi connectivity index (χ0v) is 12.8. The molecule has 1 aliphatic rings. The van der Waals surface area contributed by atoms with Crippen LogP contribution in [0.2, 0.25) is 5.02 Å². The van der Waals surface area contributed by atoms with Crippen molar-refractivity contribution in [3.05, 3.63) is 40.9 Å². The molecule has 0 radical (unpaired) electrons. The van der Waals surface area contributed by atoms with Crippen LogP contribution in [0.1, 0.15) is 38.5 Å². The molecule has 1 aliphatic carbocycles. The predicted octanol–water partition coefficient (Wildman–Crippen LogP) is 5.04. The number of thioether (sulfide) groups is 1. The maximum atomic E-state index is 6.33. The van der Waals surface area contributed by atoms with Gasteiger partial charge in [-0.05, 0) is 49.9 Å². The number of nitrogens with two attached hydrogens (primary N) is 1. The van der Waals surface area contributed by atoms with E-state index >= 15 is 0 Å². The number of allylic oxidation sites excluding steroid dienone is 1. The molecule has 1 unspecified atom stereocenters. The molecular weight excluding hydrogens is 274 g/mol. The maximum absolute atomic E-state index is 6.33. The van der Waals surface area contributed by atoms with E-state index in [0.717, 1.165) is 10.8 Å². The normalized spacial score (nSPS) is 21.1. The van der Waals surface area contributed by atoms with Gasteiger partial charge in [-0.25, -0.2) is 0 Å². The Balaban J connectivity index is 1.85. The zero-order chi connectivity index (χ0) is 13.5. The second-order valence-electron chi connectivity index (χ2n) is 5.10. The fraction of sp³-hybridized carbons (Fsp3) is 0.500. The van der Waals surface area contributed by atoms with E-state index in [9.17, 15) is 0 Å². The monoisotopic (exact) mass is 295 g/mol. The minimum absolute atomic E-state index is 0.193. The Bertz CT molecular complexity index is 413. The standard InChI is InChI=1S/C16H22ClNS/c17-14-8-10-15(11-9-14)19-12-16(18)13-6-4-2-1-3-5-7-13/h6,8-11,16H,1-5,7,12,18H2/b13-6+. The summed E-state index contributed by atoms with van der Waals surface area (Å²) < 4.78 is 0. The number of hydrogen-bond acceptors (Lipinski definition) is 2. The van der Waals surface area contributed by atoms with Crippen molar-refractivity contribution in [3.8, 4) is 0 Å². The minimum Gasteiger partial charge on any atom is -0.324 e. The first kappa shape index (κ1) is 15.0. The second kappa shape index (κ2) is 7.98. The zero-order valence-electron chi connectivity index (χ0n) is 11.3. The molecule has 1 aromatic rings. The van der Waals surface area contributed by atoms with Gasteiger partial charge in [0.2, 0.25) is 0 Å². The molecule has 0 aromatic heterocycles. The van der Waals surface area contributed by atoms with Crippen molar-refractivity contribution in [1.82, 2.24) is 0 Å². The Morgan fingerprint density at radius 2 is 1.84 bits per heavy atom. The molecule has 0 amide bonds. The van der Waals surface area contributed by atoms with Crippen LogP contribution in [-0.2, 0) is 0 Å². The molecule has 0 saturated heterocycles. The first-order chi connectivity index (χ1) is 9.25. The summed E-state index contributed by atoms with van der Waals surface area (Å²) in [6.45, 7) is 0. The summed E-state index contributed by atoms with van der Waals surface area (Å²) in [5, 5.41) is 0.788. The van der Waals surface area contributed by atoms with Gasteiger partial charge in [0, 0.05) is 21.7 Å². The third-order valence-corrected chi connectivity index (χ3v) is 4.93. The van der Waals surface area contributed by atoms with Crippen molar-refractivity contribution in [2.45, 2.75) is 49.5 Å². The summed E-state index contributed by atoms with van der Waals surface area (Å²) in [6.07, 6.45) is 10.1. The Morgan fingerprint density at radius 3 is 2.63 bits per heavy atom. The molecular formula is C16H22ClNS. The number of rotatable bonds is 4. The predicted molar refractivity (Wildman–Crippen MR) is 85.9 cm³/mol. The Kier molecular flexibility index (Phi) is 6.29. The highest BCUT2D eigenvalue weighted by atomic mass is 35.5. The first-order valence-corrected chi connectivity index (χ1v) is 8.45. The van der Waals surface area contributed by atoms with Gasteiger partial charge < -0.3 is 5.73 Å². The van der Waals surface area contributed by atoms with E-state index in [1.165, 1.54) is 49.0 Å².